The van der Waals surface area contributed by atoms with Gasteiger partial charge >= 0.3 is 0 Å². The average Bonchev–Trinajstić information content (AvgIpc) is 3.08. The first kappa shape index (κ1) is 17.4. The van der Waals surface area contributed by atoms with Gasteiger partial charge in [-0.05, 0) is 18.9 Å². The number of H-pyrrole nitrogens is 1. The molecule has 3 heterocycles. The minimum absolute atomic E-state index is 0.0644. The van der Waals surface area contributed by atoms with E-state index in [1.165, 1.54) is 6.20 Å². The highest BCUT2D eigenvalue weighted by Gasteiger charge is 2.29. The zero-order valence-corrected chi connectivity index (χ0v) is 15.1. The highest BCUT2D eigenvalue weighted by atomic mass is 16.3. The normalized spacial score (nSPS) is 17.4. The van der Waals surface area contributed by atoms with Gasteiger partial charge in [0.2, 0.25) is 0 Å². The Bertz CT molecular complexity index is 1050. The first-order valence-electron chi connectivity index (χ1n) is 8.99. The minimum Gasteiger partial charge on any atom is -0.388 e. The summed E-state index contributed by atoms with van der Waals surface area (Å²) in [6.45, 7) is 1.03. The van der Waals surface area contributed by atoms with Crippen molar-refractivity contribution >= 4 is 16.7 Å². The maximum Gasteiger partial charge on any atom is 0.255 e. The molecule has 1 aliphatic heterocycles. The summed E-state index contributed by atoms with van der Waals surface area (Å²) in [4.78, 5) is 29.7. The van der Waals surface area contributed by atoms with Gasteiger partial charge in [-0.1, -0.05) is 18.2 Å². The van der Waals surface area contributed by atoms with Crippen LogP contribution in [0.1, 0.15) is 40.8 Å². The summed E-state index contributed by atoms with van der Waals surface area (Å²) >= 11 is 0. The van der Waals surface area contributed by atoms with Crippen LogP contribution >= 0.6 is 0 Å². The van der Waals surface area contributed by atoms with Crippen molar-refractivity contribution in [2.45, 2.75) is 25.4 Å². The molecule has 0 saturated carbocycles. The van der Waals surface area contributed by atoms with Gasteiger partial charge in [0.15, 0.2) is 5.82 Å². The second-order valence-corrected chi connectivity index (χ2v) is 6.86. The largest absolute Gasteiger partial charge is 0.388 e. The second-order valence-electron chi connectivity index (χ2n) is 6.86. The number of benzene rings is 1. The lowest BCUT2D eigenvalue weighted by Gasteiger charge is -2.32. The van der Waals surface area contributed by atoms with E-state index in [2.05, 4.69) is 15.2 Å². The Morgan fingerprint density at radius 3 is 2.81 bits per heavy atom. The summed E-state index contributed by atoms with van der Waals surface area (Å²) in [6, 6.07) is 7.14. The summed E-state index contributed by atoms with van der Waals surface area (Å²) in [5.74, 6) is 1.26. The Morgan fingerprint density at radius 2 is 2.07 bits per heavy atom. The van der Waals surface area contributed by atoms with Crippen LogP contribution < -0.4 is 5.56 Å². The van der Waals surface area contributed by atoms with E-state index in [0.29, 0.717) is 35.2 Å². The van der Waals surface area contributed by atoms with E-state index in [9.17, 15) is 14.7 Å². The topological polar surface area (TPSA) is 104 Å². The molecule has 0 unspecified atom stereocenters. The molecule has 3 aromatic rings. The molecule has 0 aliphatic carbocycles. The Morgan fingerprint density at radius 1 is 1.30 bits per heavy atom. The Hall–Kier alpha value is -3.00. The van der Waals surface area contributed by atoms with Crippen LogP contribution in [0.3, 0.4) is 0 Å². The van der Waals surface area contributed by atoms with E-state index in [1.807, 2.05) is 18.0 Å². The van der Waals surface area contributed by atoms with Gasteiger partial charge < -0.3 is 19.6 Å². The van der Waals surface area contributed by atoms with Crippen molar-refractivity contribution < 1.29 is 9.90 Å². The molecule has 4 rings (SSSR count). The van der Waals surface area contributed by atoms with Gasteiger partial charge in [0.1, 0.15) is 12.4 Å². The third-order valence-electron chi connectivity index (χ3n) is 5.25. The first-order valence-corrected chi connectivity index (χ1v) is 8.99. The van der Waals surface area contributed by atoms with Crippen LogP contribution in [-0.2, 0) is 13.7 Å². The molecule has 2 N–H and O–H groups in total. The van der Waals surface area contributed by atoms with Gasteiger partial charge in [-0.2, -0.15) is 0 Å². The molecule has 1 atom stereocenters. The highest BCUT2D eigenvalue weighted by molar-refractivity contribution is 6.06. The lowest BCUT2D eigenvalue weighted by atomic mass is 9.96. The number of carbonyl (C=O) groups excluding carboxylic acids is 1. The summed E-state index contributed by atoms with van der Waals surface area (Å²) in [5, 5.41) is 18.7. The number of rotatable bonds is 3. The van der Waals surface area contributed by atoms with Crippen molar-refractivity contribution in [3.05, 3.63) is 58.0 Å². The maximum absolute atomic E-state index is 13.2. The SMILES string of the molecule is Cn1c(CO)nnc1[C@@H]1CCCN(C(=O)c2c[nH]c(=O)c3ccccc23)C1. The molecule has 0 spiro atoms. The molecule has 1 saturated heterocycles. The van der Waals surface area contributed by atoms with Crippen LogP contribution in [0, 0.1) is 0 Å². The van der Waals surface area contributed by atoms with E-state index in [0.717, 1.165) is 18.7 Å². The number of aliphatic hydroxyl groups is 1. The third-order valence-corrected chi connectivity index (χ3v) is 5.25. The standard InChI is InChI=1S/C19H21N5O3/c1-23-16(11-25)21-22-17(23)12-5-4-8-24(10-12)19(27)15-9-20-18(26)14-7-3-2-6-13(14)15/h2-3,6-7,9,12,25H,4-5,8,10-11H2,1H3,(H,20,26)/t12-/m1/s1. The Balaban J connectivity index is 1.64. The molecule has 0 radical (unpaired) electrons. The zero-order valence-electron chi connectivity index (χ0n) is 15.1. The molecule has 1 amide bonds. The average molecular weight is 367 g/mol. The molecule has 1 fully saturated rings. The van der Waals surface area contributed by atoms with Crippen molar-refractivity contribution in [2.24, 2.45) is 7.05 Å². The van der Waals surface area contributed by atoms with Crippen molar-refractivity contribution in [3.8, 4) is 0 Å². The van der Waals surface area contributed by atoms with Crippen molar-refractivity contribution in [1.82, 2.24) is 24.6 Å². The number of amides is 1. The molecule has 1 aromatic carbocycles. The van der Waals surface area contributed by atoms with Gasteiger partial charge in [-0.3, -0.25) is 9.59 Å². The van der Waals surface area contributed by atoms with Crippen LogP contribution in [0.4, 0.5) is 0 Å². The monoisotopic (exact) mass is 367 g/mol. The molecule has 0 bridgehead atoms. The van der Waals surface area contributed by atoms with Crippen LogP contribution in [0.15, 0.2) is 35.3 Å². The summed E-state index contributed by atoms with van der Waals surface area (Å²) in [5.41, 5.74) is 0.300. The highest BCUT2D eigenvalue weighted by Crippen LogP contribution is 2.27. The Kier molecular flexibility index (Phi) is 4.49. The molecular weight excluding hydrogens is 346 g/mol. The predicted molar refractivity (Wildman–Crippen MR) is 99.4 cm³/mol. The number of aromatic nitrogens is 4. The molecule has 8 nitrogen and oxygen atoms in total. The van der Waals surface area contributed by atoms with E-state index >= 15 is 0 Å². The quantitative estimate of drug-likeness (QED) is 0.723. The van der Waals surface area contributed by atoms with Crippen LogP contribution in [0.5, 0.6) is 0 Å². The maximum atomic E-state index is 13.2. The van der Waals surface area contributed by atoms with E-state index in [4.69, 9.17) is 0 Å². The fourth-order valence-corrected chi connectivity index (χ4v) is 3.80. The van der Waals surface area contributed by atoms with Crippen molar-refractivity contribution in [3.63, 3.8) is 0 Å². The predicted octanol–water partition coefficient (Wildman–Crippen LogP) is 1.17. The molecule has 1 aliphatic rings. The van der Waals surface area contributed by atoms with E-state index in [-0.39, 0.29) is 24.0 Å². The number of nitrogens with zero attached hydrogens (tertiary/aromatic N) is 4. The lowest BCUT2D eigenvalue weighted by molar-refractivity contribution is 0.0705. The third kappa shape index (κ3) is 3.02. The van der Waals surface area contributed by atoms with Crippen LogP contribution in [0.25, 0.3) is 10.8 Å². The number of fused-ring (bicyclic) bond motifs is 1. The van der Waals surface area contributed by atoms with Gasteiger partial charge in [-0.25, -0.2) is 0 Å². The first-order chi connectivity index (χ1) is 13.1. The Labute approximate surface area is 155 Å². The summed E-state index contributed by atoms with van der Waals surface area (Å²) in [6.07, 6.45) is 3.27. The number of aromatic amines is 1. The summed E-state index contributed by atoms with van der Waals surface area (Å²) < 4.78 is 1.80. The van der Waals surface area contributed by atoms with Crippen molar-refractivity contribution in [2.75, 3.05) is 13.1 Å². The van der Waals surface area contributed by atoms with E-state index in [1.54, 1.807) is 22.8 Å². The number of hydrogen-bond acceptors (Lipinski definition) is 5. The van der Waals surface area contributed by atoms with Gasteiger partial charge in [0.25, 0.3) is 11.5 Å². The zero-order chi connectivity index (χ0) is 19.0. The smallest absolute Gasteiger partial charge is 0.255 e. The fourth-order valence-electron chi connectivity index (χ4n) is 3.80. The molecule has 2 aromatic heterocycles. The lowest BCUT2D eigenvalue weighted by Crippen LogP contribution is -2.40. The molecule has 140 valence electrons. The molecule has 27 heavy (non-hydrogen) atoms. The second kappa shape index (κ2) is 6.96. The van der Waals surface area contributed by atoms with Crippen molar-refractivity contribution in [1.29, 1.82) is 0 Å². The number of pyridine rings is 1. The number of hydrogen-bond donors (Lipinski definition) is 2. The fraction of sp³-hybridized carbons (Fsp3) is 0.368. The number of carbonyl (C=O) groups is 1. The number of likely N-dealkylation sites (tertiary alicyclic amines) is 1. The van der Waals surface area contributed by atoms with Gasteiger partial charge in [-0.15, -0.1) is 10.2 Å². The van der Waals surface area contributed by atoms with Crippen LogP contribution in [0.2, 0.25) is 0 Å². The molecule has 8 heteroatoms. The molecular formula is C19H21N5O3. The van der Waals surface area contributed by atoms with Gasteiger partial charge in [0, 0.05) is 43.0 Å². The van der Waals surface area contributed by atoms with Crippen LogP contribution in [-0.4, -0.2) is 48.8 Å². The number of aliphatic hydroxyl groups excluding tert-OH is 1. The number of piperidine rings is 1. The van der Waals surface area contributed by atoms with E-state index < -0.39 is 0 Å². The van der Waals surface area contributed by atoms with Gasteiger partial charge in [0.05, 0.1) is 5.56 Å². The summed E-state index contributed by atoms with van der Waals surface area (Å²) in [7, 11) is 1.83. The number of nitrogens with one attached hydrogen (secondary N) is 1. The minimum atomic E-state index is -0.200.